The first-order valence-electron chi connectivity index (χ1n) is 10.2. The van der Waals surface area contributed by atoms with Gasteiger partial charge in [-0.2, -0.15) is 4.31 Å². The van der Waals surface area contributed by atoms with Crippen molar-refractivity contribution in [1.29, 1.82) is 0 Å². The molecule has 4 rings (SSSR count). The molecule has 0 spiro atoms. The minimum atomic E-state index is -3.86. The smallest absolute Gasteiger partial charge is 0.243 e. The van der Waals surface area contributed by atoms with Crippen LogP contribution in [0.25, 0.3) is 0 Å². The van der Waals surface area contributed by atoms with Crippen molar-refractivity contribution in [2.45, 2.75) is 22.6 Å². The summed E-state index contributed by atoms with van der Waals surface area (Å²) in [6.45, 7) is 1.28. The lowest BCUT2D eigenvalue weighted by Gasteiger charge is -2.30. The van der Waals surface area contributed by atoms with Crippen LogP contribution in [-0.2, 0) is 24.7 Å². The monoisotopic (exact) mass is 480 g/mol. The van der Waals surface area contributed by atoms with E-state index in [0.29, 0.717) is 43.2 Å². The topological polar surface area (TPSA) is 119 Å². The number of carbonyl (C=O) groups excluding carboxylic acids is 1. The summed E-state index contributed by atoms with van der Waals surface area (Å²) < 4.78 is 61.8. The minimum absolute atomic E-state index is 0.0488. The number of amides is 1. The van der Waals surface area contributed by atoms with Gasteiger partial charge in [0.05, 0.1) is 9.79 Å². The van der Waals surface area contributed by atoms with E-state index < -0.39 is 19.9 Å². The van der Waals surface area contributed by atoms with Gasteiger partial charge in [-0.1, -0.05) is 6.07 Å². The largest absolute Gasteiger partial charge is 0.486 e. The molecular formula is C21H24N2O7S2. The summed E-state index contributed by atoms with van der Waals surface area (Å²) in [5, 5.41) is 2.86. The number of rotatable bonds is 5. The fourth-order valence-corrected chi connectivity index (χ4v) is 6.00. The molecule has 2 aliphatic heterocycles. The molecule has 9 nitrogen and oxygen atoms in total. The van der Waals surface area contributed by atoms with Gasteiger partial charge in [0.25, 0.3) is 0 Å². The van der Waals surface area contributed by atoms with Gasteiger partial charge in [-0.3, -0.25) is 4.79 Å². The van der Waals surface area contributed by atoms with Gasteiger partial charge < -0.3 is 14.8 Å². The van der Waals surface area contributed by atoms with E-state index in [1.807, 2.05) is 0 Å². The van der Waals surface area contributed by atoms with Crippen molar-refractivity contribution in [3.05, 3.63) is 42.5 Å². The molecule has 0 aliphatic carbocycles. The zero-order valence-electron chi connectivity index (χ0n) is 17.5. The number of hydrogen-bond donors (Lipinski definition) is 1. The maximum Gasteiger partial charge on any atom is 0.243 e. The molecule has 11 heteroatoms. The first-order valence-corrected chi connectivity index (χ1v) is 13.5. The van der Waals surface area contributed by atoms with Gasteiger partial charge >= 0.3 is 0 Å². The summed E-state index contributed by atoms with van der Waals surface area (Å²) in [5.74, 6) is 0.689. The number of nitrogens with zero attached hydrogens (tertiary/aromatic N) is 1. The molecule has 1 amide bonds. The van der Waals surface area contributed by atoms with E-state index in [4.69, 9.17) is 9.47 Å². The zero-order chi connectivity index (χ0) is 22.9. The first kappa shape index (κ1) is 22.6. The molecular weight excluding hydrogens is 456 g/mol. The fourth-order valence-electron chi connectivity index (χ4n) is 3.74. The Morgan fingerprint density at radius 1 is 0.938 bits per heavy atom. The van der Waals surface area contributed by atoms with Crippen molar-refractivity contribution in [2.24, 2.45) is 5.92 Å². The Bertz CT molecular complexity index is 1230. The van der Waals surface area contributed by atoms with Crippen LogP contribution >= 0.6 is 0 Å². The van der Waals surface area contributed by atoms with Gasteiger partial charge in [-0.05, 0) is 43.2 Å². The van der Waals surface area contributed by atoms with Crippen LogP contribution in [0.3, 0.4) is 0 Å². The number of benzene rings is 2. The molecule has 2 aliphatic rings. The Labute approximate surface area is 187 Å². The van der Waals surface area contributed by atoms with Crippen molar-refractivity contribution < 1.29 is 31.1 Å². The molecule has 0 radical (unpaired) electrons. The lowest BCUT2D eigenvalue weighted by Crippen LogP contribution is -2.41. The van der Waals surface area contributed by atoms with E-state index in [1.165, 1.54) is 28.6 Å². The first-order chi connectivity index (χ1) is 15.1. The van der Waals surface area contributed by atoms with E-state index in [1.54, 1.807) is 18.2 Å². The summed E-state index contributed by atoms with van der Waals surface area (Å²) in [4.78, 5) is 12.6. The third-order valence-corrected chi connectivity index (χ3v) is 8.51. The van der Waals surface area contributed by atoms with Crippen LogP contribution in [0.15, 0.2) is 52.3 Å². The van der Waals surface area contributed by atoms with Crippen molar-refractivity contribution in [2.75, 3.05) is 37.9 Å². The summed E-state index contributed by atoms with van der Waals surface area (Å²) in [5.41, 5.74) is 0.590. The molecule has 172 valence electrons. The number of piperidine rings is 1. The van der Waals surface area contributed by atoms with Crippen LogP contribution in [-0.4, -0.2) is 59.6 Å². The van der Waals surface area contributed by atoms with Gasteiger partial charge in [-0.15, -0.1) is 0 Å². The average molecular weight is 481 g/mol. The van der Waals surface area contributed by atoms with Gasteiger partial charge in [0.1, 0.15) is 13.2 Å². The summed E-state index contributed by atoms with van der Waals surface area (Å²) >= 11 is 0. The number of sulfonamides is 1. The highest BCUT2D eigenvalue weighted by molar-refractivity contribution is 7.91. The SMILES string of the molecule is CS(=O)(=O)c1cccc(S(=O)(=O)N2CCC(C(=O)Nc3ccc4c(c3)OCCO4)CC2)c1. The summed E-state index contributed by atoms with van der Waals surface area (Å²) in [7, 11) is -7.38. The molecule has 0 bridgehead atoms. The maximum atomic E-state index is 13.0. The fraction of sp³-hybridized carbons (Fsp3) is 0.381. The van der Waals surface area contributed by atoms with Crippen molar-refractivity contribution in [3.8, 4) is 11.5 Å². The zero-order valence-corrected chi connectivity index (χ0v) is 19.1. The number of carbonyl (C=O) groups is 1. The van der Waals surface area contributed by atoms with Crippen molar-refractivity contribution in [3.63, 3.8) is 0 Å². The molecule has 0 aromatic heterocycles. The molecule has 1 N–H and O–H groups in total. The third-order valence-electron chi connectivity index (χ3n) is 5.51. The van der Waals surface area contributed by atoms with Crippen LogP contribution in [0.5, 0.6) is 11.5 Å². The van der Waals surface area contributed by atoms with E-state index in [-0.39, 0.29) is 34.7 Å². The Hall–Kier alpha value is -2.63. The van der Waals surface area contributed by atoms with E-state index >= 15 is 0 Å². The predicted molar refractivity (Wildman–Crippen MR) is 117 cm³/mol. The predicted octanol–water partition coefficient (Wildman–Crippen LogP) is 1.90. The van der Waals surface area contributed by atoms with Gasteiger partial charge in [0.15, 0.2) is 21.3 Å². The lowest BCUT2D eigenvalue weighted by molar-refractivity contribution is -0.120. The quantitative estimate of drug-likeness (QED) is 0.694. The molecule has 2 heterocycles. The van der Waals surface area contributed by atoms with Crippen LogP contribution in [0.2, 0.25) is 0 Å². The Kier molecular flexibility index (Phi) is 6.15. The standard InChI is InChI=1S/C21H24N2O7S2/c1-31(25,26)17-3-2-4-18(14-17)32(27,28)23-9-7-15(8-10-23)21(24)22-16-5-6-19-20(13-16)30-12-11-29-19/h2-6,13-15H,7-12H2,1H3,(H,22,24). The molecule has 2 aromatic carbocycles. The molecule has 0 unspecified atom stereocenters. The Morgan fingerprint density at radius 2 is 1.59 bits per heavy atom. The molecule has 1 fully saturated rings. The normalized spacial score (nSPS) is 17.7. The third kappa shape index (κ3) is 4.74. The Morgan fingerprint density at radius 3 is 2.28 bits per heavy atom. The van der Waals surface area contributed by atoms with E-state index in [2.05, 4.69) is 5.32 Å². The summed E-state index contributed by atoms with van der Waals surface area (Å²) in [6.07, 6.45) is 1.76. The van der Waals surface area contributed by atoms with E-state index in [9.17, 15) is 21.6 Å². The highest BCUT2D eigenvalue weighted by atomic mass is 32.2. The van der Waals surface area contributed by atoms with Crippen LogP contribution in [0.4, 0.5) is 5.69 Å². The highest BCUT2D eigenvalue weighted by Gasteiger charge is 2.32. The average Bonchev–Trinajstić information content (AvgIpc) is 2.78. The lowest BCUT2D eigenvalue weighted by atomic mass is 9.97. The number of sulfone groups is 1. The number of fused-ring (bicyclic) bond motifs is 1. The molecule has 0 atom stereocenters. The van der Waals surface area contributed by atoms with Gasteiger partial charge in [-0.25, -0.2) is 16.8 Å². The van der Waals surface area contributed by atoms with Crippen LogP contribution in [0.1, 0.15) is 12.8 Å². The number of anilines is 1. The molecule has 2 aromatic rings. The Balaban J connectivity index is 1.40. The molecule has 1 saturated heterocycles. The van der Waals surface area contributed by atoms with E-state index in [0.717, 1.165) is 6.26 Å². The highest BCUT2D eigenvalue weighted by Crippen LogP contribution is 2.33. The number of ether oxygens (including phenoxy) is 2. The van der Waals surface area contributed by atoms with Gasteiger partial charge in [0.2, 0.25) is 15.9 Å². The molecule has 0 saturated carbocycles. The van der Waals surface area contributed by atoms with Crippen molar-refractivity contribution in [1.82, 2.24) is 4.31 Å². The second-order valence-electron chi connectivity index (χ2n) is 7.77. The second kappa shape index (κ2) is 8.72. The summed E-state index contributed by atoms with van der Waals surface area (Å²) in [6, 6.07) is 10.5. The van der Waals surface area contributed by atoms with Gasteiger partial charge in [0, 0.05) is 37.0 Å². The number of nitrogens with one attached hydrogen (secondary N) is 1. The molecule has 32 heavy (non-hydrogen) atoms. The van der Waals surface area contributed by atoms with Crippen LogP contribution < -0.4 is 14.8 Å². The number of hydrogen-bond acceptors (Lipinski definition) is 7. The van der Waals surface area contributed by atoms with Crippen molar-refractivity contribution >= 4 is 31.5 Å². The second-order valence-corrected chi connectivity index (χ2v) is 11.7. The minimum Gasteiger partial charge on any atom is -0.486 e. The van der Waals surface area contributed by atoms with Crippen LogP contribution in [0, 0.1) is 5.92 Å². The maximum absolute atomic E-state index is 13.0.